The summed E-state index contributed by atoms with van der Waals surface area (Å²) >= 11 is 0. The summed E-state index contributed by atoms with van der Waals surface area (Å²) in [6.07, 6.45) is -9.24. The average Bonchev–Trinajstić information content (AvgIpc) is 3.56. The molecule has 2 saturated heterocycles. The zero-order valence-electron chi connectivity index (χ0n) is 22.4. The number of carboxylic acid groups (broad SMARTS) is 2. The van der Waals surface area contributed by atoms with Gasteiger partial charge in [-0.3, -0.25) is 0 Å². The maximum Gasteiger partial charge on any atom is 2.00 e. The van der Waals surface area contributed by atoms with Crippen LogP contribution in [0.3, 0.4) is 0 Å². The van der Waals surface area contributed by atoms with Gasteiger partial charge in [0.15, 0.2) is 0 Å². The summed E-state index contributed by atoms with van der Waals surface area (Å²) in [6.45, 7) is -0.351. The molecule has 2 fully saturated rings. The van der Waals surface area contributed by atoms with Gasteiger partial charge in [0, 0.05) is 26.2 Å². The van der Waals surface area contributed by atoms with Crippen LogP contribution in [0.5, 0.6) is 0 Å². The van der Waals surface area contributed by atoms with E-state index in [4.69, 9.17) is 9.47 Å². The zero-order valence-corrected chi connectivity index (χ0v) is 24.6. The van der Waals surface area contributed by atoms with E-state index in [9.17, 15) is 54.9 Å². The van der Waals surface area contributed by atoms with Gasteiger partial charge in [-0.25, -0.2) is 8.78 Å². The minimum absolute atomic E-state index is 0. The first-order valence-corrected chi connectivity index (χ1v) is 12.4. The smallest absolute Gasteiger partial charge is 0.548 e. The minimum Gasteiger partial charge on any atom is -0.548 e. The Kier molecular flexibility index (Phi) is 13.3. The van der Waals surface area contributed by atoms with E-state index >= 15 is 0 Å². The number of carbonyl (C=O) groups is 2. The molecule has 2 aromatic carbocycles. The van der Waals surface area contributed by atoms with Gasteiger partial charge >= 0.3 is 50.1 Å². The number of alkyl halides is 6. The van der Waals surface area contributed by atoms with Crippen LogP contribution in [0.25, 0.3) is 0 Å². The van der Waals surface area contributed by atoms with Gasteiger partial charge < -0.3 is 39.1 Å². The molecule has 0 amide bonds. The van der Waals surface area contributed by atoms with E-state index in [1.807, 2.05) is 0 Å². The maximum atomic E-state index is 13.7. The molecule has 0 bridgehead atoms. The Morgan fingerprint density at radius 1 is 0.721 bits per heavy atom. The van der Waals surface area contributed by atoms with Crippen LogP contribution in [0, 0.1) is 11.6 Å². The topological polar surface area (TPSA) is 105 Å². The Morgan fingerprint density at radius 3 is 1.37 bits per heavy atom. The van der Waals surface area contributed by atoms with Crippen molar-refractivity contribution < 1.29 is 64.4 Å². The van der Waals surface area contributed by atoms with Crippen molar-refractivity contribution in [2.75, 3.05) is 49.2 Å². The van der Waals surface area contributed by atoms with Crippen LogP contribution >= 0.6 is 0 Å². The molecule has 43 heavy (non-hydrogen) atoms. The minimum atomic E-state index is -4.55. The van der Waals surface area contributed by atoms with Crippen molar-refractivity contribution in [2.24, 2.45) is 0 Å². The second kappa shape index (κ2) is 15.5. The van der Waals surface area contributed by atoms with Crippen LogP contribution in [0.4, 0.5) is 46.5 Å². The number of halogens is 8. The van der Waals surface area contributed by atoms with E-state index < -0.39 is 72.5 Å². The number of carboxylic acids is 2. The molecular weight excluding hydrogens is 628 g/mol. The van der Waals surface area contributed by atoms with Gasteiger partial charge in [0.05, 0.1) is 59.9 Å². The fraction of sp³-hybridized carbons (Fsp3) is 0.462. The molecule has 17 heteroatoms. The summed E-state index contributed by atoms with van der Waals surface area (Å²) < 4.78 is 113. The van der Waals surface area contributed by atoms with Crippen LogP contribution < -0.4 is 20.0 Å². The largest absolute Gasteiger partial charge is 2.00 e. The first-order chi connectivity index (χ1) is 19.5. The SMILES string of the molecule is O=C([O-])COC1CCN(c2cc(C(F)(F)F)ccc2F)C1.O=C([O-])COC1CCN(c2cc(C(F)(F)F)ccc2F)C1.[Ca+2]. The second-order valence-corrected chi connectivity index (χ2v) is 9.41. The normalized spacial score (nSPS) is 18.6. The average molecular weight is 653 g/mol. The zero-order chi connectivity index (χ0) is 31.2. The van der Waals surface area contributed by atoms with Crippen LogP contribution in [0.15, 0.2) is 36.4 Å². The fourth-order valence-electron chi connectivity index (χ4n) is 4.40. The van der Waals surface area contributed by atoms with Crippen molar-refractivity contribution in [2.45, 2.75) is 37.4 Å². The number of hydrogen-bond donors (Lipinski definition) is 0. The molecule has 2 aromatic rings. The fourth-order valence-corrected chi connectivity index (χ4v) is 4.40. The Morgan fingerprint density at radius 2 is 1.07 bits per heavy atom. The predicted octanol–water partition coefficient (Wildman–Crippen LogP) is 2.00. The molecule has 2 aliphatic rings. The molecule has 0 radical (unpaired) electrons. The van der Waals surface area contributed by atoms with E-state index in [0.717, 1.165) is 24.3 Å². The molecule has 2 aliphatic heterocycles. The summed E-state index contributed by atoms with van der Waals surface area (Å²) in [4.78, 5) is 23.4. The molecule has 4 rings (SSSR count). The quantitative estimate of drug-likeness (QED) is 0.315. The third-order valence-electron chi connectivity index (χ3n) is 6.39. The number of ether oxygens (including phenoxy) is 2. The standard InChI is InChI=1S/2C13H13F4NO3.Ca/c2*14-10-2-1-8(13(15,16)17)5-11(10)18-4-3-9(6-18)21-7-12(19)20;/h2*1-2,5,9H,3-4,6-7H2,(H,19,20);/q;;+2/p-2. The molecule has 0 aromatic heterocycles. The Balaban J connectivity index is 0.000000293. The molecule has 0 aliphatic carbocycles. The molecule has 2 unspecified atom stereocenters. The first kappa shape index (κ1) is 36.8. The maximum absolute atomic E-state index is 13.7. The van der Waals surface area contributed by atoms with E-state index in [0.29, 0.717) is 25.0 Å². The molecule has 2 atom stereocenters. The summed E-state index contributed by atoms with van der Waals surface area (Å²) in [6, 6.07) is 4.39. The van der Waals surface area contributed by atoms with Gasteiger partial charge in [-0.2, -0.15) is 26.3 Å². The first-order valence-electron chi connectivity index (χ1n) is 12.4. The second-order valence-electron chi connectivity index (χ2n) is 9.41. The van der Waals surface area contributed by atoms with E-state index in [-0.39, 0.29) is 75.3 Å². The van der Waals surface area contributed by atoms with Gasteiger partial charge in [0.1, 0.15) is 11.6 Å². The van der Waals surface area contributed by atoms with Crippen molar-refractivity contribution in [3.8, 4) is 0 Å². The summed E-state index contributed by atoms with van der Waals surface area (Å²) in [5.74, 6) is -4.27. The van der Waals surface area contributed by atoms with Crippen molar-refractivity contribution in [3.05, 3.63) is 59.2 Å². The summed E-state index contributed by atoms with van der Waals surface area (Å²) in [5.41, 5.74) is -2.19. The molecule has 8 nitrogen and oxygen atoms in total. The molecule has 2 heterocycles. The van der Waals surface area contributed by atoms with Crippen LogP contribution in [0.2, 0.25) is 0 Å². The summed E-state index contributed by atoms with van der Waals surface area (Å²) in [7, 11) is 0. The van der Waals surface area contributed by atoms with Crippen LogP contribution in [0.1, 0.15) is 24.0 Å². The monoisotopic (exact) mass is 652 g/mol. The third kappa shape index (κ3) is 10.9. The number of benzene rings is 2. The van der Waals surface area contributed by atoms with Gasteiger partial charge in [-0.05, 0) is 49.2 Å². The predicted molar refractivity (Wildman–Crippen MR) is 132 cm³/mol. The number of carbonyl (C=O) groups excluding carboxylic acids is 2. The Hall–Kier alpha value is -2.40. The van der Waals surface area contributed by atoms with Gasteiger partial charge in [0.2, 0.25) is 0 Å². The number of rotatable bonds is 8. The molecule has 0 N–H and O–H groups in total. The number of aliphatic carboxylic acids is 2. The number of anilines is 2. The van der Waals surface area contributed by atoms with Gasteiger partial charge in [-0.15, -0.1) is 0 Å². The molecule has 0 spiro atoms. The van der Waals surface area contributed by atoms with E-state index in [1.165, 1.54) is 9.80 Å². The van der Waals surface area contributed by atoms with Crippen molar-refractivity contribution >= 4 is 61.1 Å². The van der Waals surface area contributed by atoms with Crippen molar-refractivity contribution in [3.63, 3.8) is 0 Å². The van der Waals surface area contributed by atoms with E-state index in [2.05, 4.69) is 0 Å². The van der Waals surface area contributed by atoms with Gasteiger partial charge in [0.25, 0.3) is 0 Å². The van der Waals surface area contributed by atoms with Crippen LogP contribution in [-0.2, 0) is 31.4 Å². The third-order valence-corrected chi connectivity index (χ3v) is 6.39. The van der Waals surface area contributed by atoms with E-state index in [1.54, 1.807) is 0 Å². The van der Waals surface area contributed by atoms with Crippen molar-refractivity contribution in [1.82, 2.24) is 0 Å². The van der Waals surface area contributed by atoms with Gasteiger partial charge in [-0.1, -0.05) is 0 Å². The molecule has 0 saturated carbocycles. The van der Waals surface area contributed by atoms with Crippen molar-refractivity contribution in [1.29, 1.82) is 0 Å². The Bertz CT molecular complexity index is 1170. The molecule has 232 valence electrons. The number of nitrogens with zero attached hydrogens (tertiary/aromatic N) is 2. The molecular formula is C26H24CaF8N2O6. The summed E-state index contributed by atoms with van der Waals surface area (Å²) in [5, 5.41) is 20.6. The number of hydrogen-bond acceptors (Lipinski definition) is 8. The van der Waals surface area contributed by atoms with Crippen LogP contribution in [-0.4, -0.2) is 101 Å². The Labute approximate surface area is 270 Å².